The molecule has 1 heterocycles. The van der Waals surface area contributed by atoms with E-state index in [-0.39, 0.29) is 18.6 Å². The van der Waals surface area contributed by atoms with Gasteiger partial charge in [-0.25, -0.2) is 9.59 Å². The van der Waals surface area contributed by atoms with Crippen LogP contribution in [-0.4, -0.2) is 50.0 Å². The molecule has 9 heteroatoms. The van der Waals surface area contributed by atoms with E-state index < -0.39 is 35.6 Å². The molecule has 0 aliphatic heterocycles. The van der Waals surface area contributed by atoms with Crippen molar-refractivity contribution in [1.29, 1.82) is 0 Å². The summed E-state index contributed by atoms with van der Waals surface area (Å²) in [5.41, 5.74) is -0.429. The molecule has 0 aliphatic rings. The molecule has 1 aromatic rings. The van der Waals surface area contributed by atoms with Crippen molar-refractivity contribution in [2.75, 3.05) is 0 Å². The zero-order valence-corrected chi connectivity index (χ0v) is 14.2. The maximum absolute atomic E-state index is 11.7. The minimum Gasteiger partial charge on any atom is -0.506 e. The van der Waals surface area contributed by atoms with Crippen molar-refractivity contribution >= 4 is 18.0 Å². The Labute approximate surface area is 144 Å². The van der Waals surface area contributed by atoms with Gasteiger partial charge in [0.05, 0.1) is 12.1 Å². The first kappa shape index (κ1) is 20.2. The fourth-order valence-electron chi connectivity index (χ4n) is 2.02. The van der Waals surface area contributed by atoms with Gasteiger partial charge >= 0.3 is 18.0 Å². The molecule has 25 heavy (non-hydrogen) atoms. The summed E-state index contributed by atoms with van der Waals surface area (Å²) < 4.78 is 4.99. The predicted octanol–water partition coefficient (Wildman–Crippen LogP) is 1.40. The second-order valence-corrected chi connectivity index (χ2v) is 6.52. The van der Waals surface area contributed by atoms with E-state index in [0.29, 0.717) is 5.69 Å². The first-order valence-corrected chi connectivity index (χ1v) is 7.57. The molecular formula is C16H22N2O7. The van der Waals surface area contributed by atoms with Gasteiger partial charge in [0.25, 0.3) is 0 Å². The van der Waals surface area contributed by atoms with Crippen LogP contribution >= 0.6 is 0 Å². The van der Waals surface area contributed by atoms with Crippen molar-refractivity contribution in [1.82, 2.24) is 10.3 Å². The average molecular weight is 354 g/mol. The number of aromatic hydroxyl groups is 1. The molecule has 0 saturated carbocycles. The van der Waals surface area contributed by atoms with Gasteiger partial charge in [0.2, 0.25) is 0 Å². The number of amides is 1. The van der Waals surface area contributed by atoms with Crippen LogP contribution in [0.5, 0.6) is 5.75 Å². The number of nitrogens with one attached hydrogen (secondary N) is 1. The first-order chi connectivity index (χ1) is 11.5. The molecule has 138 valence electrons. The van der Waals surface area contributed by atoms with E-state index >= 15 is 0 Å². The number of ether oxygens (including phenoxy) is 1. The predicted molar refractivity (Wildman–Crippen MR) is 86.1 cm³/mol. The van der Waals surface area contributed by atoms with Crippen LogP contribution in [0.3, 0.4) is 0 Å². The SMILES string of the molecule is CC(C)(C)OC(=O)N[C@@H](C[C@H](Cc1ccc(O)cn1)C(=O)O)C(=O)O. The molecule has 1 aromatic heterocycles. The second kappa shape index (κ2) is 8.32. The number of carbonyl (C=O) groups excluding carboxylic acids is 1. The van der Waals surface area contributed by atoms with E-state index in [1.54, 1.807) is 20.8 Å². The molecule has 0 spiro atoms. The molecule has 1 rings (SSSR count). The highest BCUT2D eigenvalue weighted by Gasteiger charge is 2.30. The lowest BCUT2D eigenvalue weighted by Crippen LogP contribution is -2.45. The van der Waals surface area contributed by atoms with Crippen LogP contribution < -0.4 is 5.32 Å². The normalized spacial score (nSPS) is 13.6. The molecule has 0 bridgehead atoms. The summed E-state index contributed by atoms with van der Waals surface area (Å²) in [6.45, 7) is 4.87. The highest BCUT2D eigenvalue weighted by molar-refractivity contribution is 5.81. The zero-order valence-electron chi connectivity index (χ0n) is 14.2. The summed E-state index contributed by atoms with van der Waals surface area (Å²) in [5, 5.41) is 29.9. The fourth-order valence-corrected chi connectivity index (χ4v) is 2.02. The van der Waals surface area contributed by atoms with Gasteiger partial charge in [-0.1, -0.05) is 0 Å². The van der Waals surface area contributed by atoms with Gasteiger partial charge in [0.1, 0.15) is 17.4 Å². The Balaban J connectivity index is 2.80. The number of carboxylic acids is 2. The van der Waals surface area contributed by atoms with Gasteiger partial charge in [-0.05, 0) is 39.3 Å². The van der Waals surface area contributed by atoms with Crippen molar-refractivity contribution in [2.45, 2.75) is 45.3 Å². The van der Waals surface area contributed by atoms with Crippen LogP contribution in [0.15, 0.2) is 18.3 Å². The molecule has 0 aromatic carbocycles. The van der Waals surface area contributed by atoms with E-state index in [4.69, 9.17) is 4.74 Å². The number of hydrogen-bond donors (Lipinski definition) is 4. The molecule has 1 amide bonds. The minimum atomic E-state index is -1.42. The van der Waals surface area contributed by atoms with Crippen molar-refractivity contribution in [2.24, 2.45) is 5.92 Å². The largest absolute Gasteiger partial charge is 0.506 e. The van der Waals surface area contributed by atoms with Crippen molar-refractivity contribution in [3.05, 3.63) is 24.0 Å². The third-order valence-electron chi connectivity index (χ3n) is 3.12. The quantitative estimate of drug-likeness (QED) is 0.574. The van der Waals surface area contributed by atoms with Crippen LogP contribution in [0.2, 0.25) is 0 Å². The lowest BCUT2D eigenvalue weighted by Gasteiger charge is -2.23. The smallest absolute Gasteiger partial charge is 0.408 e. The third kappa shape index (κ3) is 7.51. The van der Waals surface area contributed by atoms with Gasteiger partial charge in [-0.15, -0.1) is 0 Å². The van der Waals surface area contributed by atoms with Crippen molar-refractivity contribution in [3.63, 3.8) is 0 Å². The maximum Gasteiger partial charge on any atom is 0.408 e. The van der Waals surface area contributed by atoms with Gasteiger partial charge in [0, 0.05) is 12.1 Å². The number of aromatic nitrogens is 1. The topological polar surface area (TPSA) is 146 Å². The van der Waals surface area contributed by atoms with Gasteiger partial charge < -0.3 is 25.4 Å². The highest BCUT2D eigenvalue weighted by Crippen LogP contribution is 2.16. The molecule has 0 aliphatic carbocycles. The number of alkyl carbamates (subject to hydrolysis) is 1. The Hall–Kier alpha value is -2.84. The number of carboxylic acid groups (broad SMARTS) is 2. The lowest BCUT2D eigenvalue weighted by molar-refractivity contribution is -0.144. The van der Waals surface area contributed by atoms with Crippen molar-refractivity contribution in [3.8, 4) is 5.75 Å². The van der Waals surface area contributed by atoms with Gasteiger partial charge in [-0.2, -0.15) is 0 Å². The summed E-state index contributed by atoms with van der Waals surface area (Å²) in [6.07, 6.45) is -0.157. The van der Waals surface area contributed by atoms with Crippen molar-refractivity contribution < 1.29 is 34.4 Å². The zero-order chi connectivity index (χ0) is 19.2. The van der Waals surface area contributed by atoms with E-state index in [2.05, 4.69) is 10.3 Å². The lowest BCUT2D eigenvalue weighted by atomic mass is 9.94. The number of aliphatic carboxylic acids is 2. The molecule has 4 N–H and O–H groups in total. The van der Waals surface area contributed by atoms with E-state index in [1.165, 1.54) is 18.3 Å². The minimum absolute atomic E-state index is 0.0462. The third-order valence-corrected chi connectivity index (χ3v) is 3.12. The van der Waals surface area contributed by atoms with E-state index in [9.17, 15) is 29.7 Å². The van der Waals surface area contributed by atoms with Crippen LogP contribution in [-0.2, 0) is 20.7 Å². The van der Waals surface area contributed by atoms with Crippen LogP contribution in [0.4, 0.5) is 4.79 Å². The fraction of sp³-hybridized carbons (Fsp3) is 0.500. The Morgan fingerprint density at radius 2 is 1.84 bits per heavy atom. The molecule has 0 saturated heterocycles. The number of rotatable bonds is 7. The maximum atomic E-state index is 11.7. The summed E-state index contributed by atoms with van der Waals surface area (Å²) in [7, 11) is 0. The Kier molecular flexibility index (Phi) is 6.72. The summed E-state index contributed by atoms with van der Waals surface area (Å²) in [4.78, 5) is 38.4. The number of carbonyl (C=O) groups is 3. The standard InChI is InChI=1S/C16H22N2O7/c1-16(2,3)25-15(24)18-12(14(22)23)7-9(13(20)21)6-10-4-5-11(19)8-17-10/h4-5,8-9,12,19H,6-7H2,1-3H3,(H,18,24)(H,20,21)(H,22,23)/t9-,12-/m0/s1. The van der Waals surface area contributed by atoms with E-state index in [0.717, 1.165) is 0 Å². The van der Waals surface area contributed by atoms with Crippen LogP contribution in [0, 0.1) is 5.92 Å². The number of hydrogen-bond acceptors (Lipinski definition) is 6. The van der Waals surface area contributed by atoms with E-state index in [1.807, 2.05) is 0 Å². The molecule has 0 radical (unpaired) electrons. The van der Waals surface area contributed by atoms with Gasteiger partial charge in [-0.3, -0.25) is 9.78 Å². The Morgan fingerprint density at radius 1 is 1.20 bits per heavy atom. The summed E-state index contributed by atoms with van der Waals surface area (Å²) in [5.74, 6) is -3.73. The first-order valence-electron chi connectivity index (χ1n) is 7.57. The molecular weight excluding hydrogens is 332 g/mol. The number of nitrogens with zero attached hydrogens (tertiary/aromatic N) is 1. The highest BCUT2D eigenvalue weighted by atomic mass is 16.6. The Bertz CT molecular complexity index is 622. The second-order valence-electron chi connectivity index (χ2n) is 6.52. The molecule has 2 atom stereocenters. The number of pyridine rings is 1. The summed E-state index contributed by atoms with van der Waals surface area (Å²) >= 11 is 0. The molecule has 0 fully saturated rings. The monoisotopic (exact) mass is 354 g/mol. The van der Waals surface area contributed by atoms with Crippen LogP contribution in [0.25, 0.3) is 0 Å². The Morgan fingerprint density at radius 3 is 2.28 bits per heavy atom. The molecule has 0 unspecified atom stereocenters. The molecule has 9 nitrogen and oxygen atoms in total. The average Bonchev–Trinajstić information content (AvgIpc) is 2.45. The summed E-state index contributed by atoms with van der Waals surface area (Å²) in [6, 6.07) is 1.38. The van der Waals surface area contributed by atoms with Crippen LogP contribution in [0.1, 0.15) is 32.9 Å². The van der Waals surface area contributed by atoms with Gasteiger partial charge in [0.15, 0.2) is 0 Å².